The second-order valence-electron chi connectivity index (χ2n) is 4.99. The number of hydrogen-bond acceptors (Lipinski definition) is 5. The summed E-state index contributed by atoms with van der Waals surface area (Å²) in [5.41, 5.74) is 0. The van der Waals surface area contributed by atoms with Crippen LogP contribution in [0.25, 0.3) is 0 Å². The summed E-state index contributed by atoms with van der Waals surface area (Å²) in [6.45, 7) is 6.06. The fraction of sp³-hybridized carbons (Fsp3) is 0.600. The van der Waals surface area contributed by atoms with Gasteiger partial charge in [-0.1, -0.05) is 0 Å². The maximum absolute atomic E-state index is 12.8. The minimum Gasteiger partial charge on any atom is -0.494 e. The molecule has 1 heterocycles. The van der Waals surface area contributed by atoms with Gasteiger partial charge in [-0.3, -0.25) is 0 Å². The summed E-state index contributed by atoms with van der Waals surface area (Å²) < 4.78 is 36.5. The Morgan fingerprint density at radius 2 is 2.00 bits per heavy atom. The van der Waals surface area contributed by atoms with Crippen LogP contribution in [0.3, 0.4) is 0 Å². The molecule has 1 aliphatic rings. The summed E-state index contributed by atoms with van der Waals surface area (Å²) in [6.07, 6.45) is 1.57. The number of hydrogen-bond donors (Lipinski definition) is 1. The van der Waals surface area contributed by atoms with Crippen LogP contribution in [0.1, 0.15) is 26.7 Å². The van der Waals surface area contributed by atoms with E-state index in [0.717, 1.165) is 13.0 Å². The van der Waals surface area contributed by atoms with Crippen molar-refractivity contribution in [3.05, 3.63) is 18.2 Å². The van der Waals surface area contributed by atoms with Crippen molar-refractivity contribution in [3.8, 4) is 11.5 Å². The van der Waals surface area contributed by atoms with Crippen LogP contribution in [0, 0.1) is 0 Å². The van der Waals surface area contributed by atoms with Crippen LogP contribution in [0.2, 0.25) is 0 Å². The van der Waals surface area contributed by atoms with E-state index >= 15 is 0 Å². The zero-order valence-electron chi connectivity index (χ0n) is 12.6. The van der Waals surface area contributed by atoms with Gasteiger partial charge in [0.2, 0.25) is 0 Å². The molecule has 118 valence electrons. The van der Waals surface area contributed by atoms with Crippen molar-refractivity contribution in [1.82, 2.24) is 5.32 Å². The molecule has 6 heteroatoms. The highest BCUT2D eigenvalue weighted by molar-refractivity contribution is 7.92. The molecule has 21 heavy (non-hydrogen) atoms. The van der Waals surface area contributed by atoms with Crippen LogP contribution < -0.4 is 14.8 Å². The van der Waals surface area contributed by atoms with Gasteiger partial charge >= 0.3 is 0 Å². The Hall–Kier alpha value is -1.27. The van der Waals surface area contributed by atoms with E-state index in [2.05, 4.69) is 5.32 Å². The van der Waals surface area contributed by atoms with Gasteiger partial charge in [0.1, 0.15) is 16.4 Å². The molecule has 1 aliphatic heterocycles. The summed E-state index contributed by atoms with van der Waals surface area (Å²) in [4.78, 5) is 0.265. The molecular formula is C15H23NO4S. The monoisotopic (exact) mass is 313 g/mol. The van der Waals surface area contributed by atoms with Crippen molar-refractivity contribution >= 4 is 9.84 Å². The van der Waals surface area contributed by atoms with Crippen molar-refractivity contribution in [2.45, 2.75) is 36.8 Å². The molecule has 0 aromatic heterocycles. The molecule has 1 aromatic carbocycles. The summed E-state index contributed by atoms with van der Waals surface area (Å²) in [5.74, 6) is 1.01. The maximum atomic E-state index is 12.8. The van der Waals surface area contributed by atoms with Crippen molar-refractivity contribution in [2.24, 2.45) is 0 Å². The first kappa shape index (κ1) is 16.1. The highest BCUT2D eigenvalue weighted by Crippen LogP contribution is 2.32. The SMILES string of the molecule is CCOc1ccc(S(=O)(=O)C2CCCNC2)c(OCC)c1. The molecule has 0 amide bonds. The van der Waals surface area contributed by atoms with E-state index in [0.29, 0.717) is 37.7 Å². The molecule has 0 radical (unpaired) electrons. The molecule has 2 rings (SSSR count). The van der Waals surface area contributed by atoms with Gasteiger partial charge in [0, 0.05) is 12.6 Å². The summed E-state index contributed by atoms with van der Waals surface area (Å²) in [5, 5.41) is 2.76. The average molecular weight is 313 g/mol. The third-order valence-corrected chi connectivity index (χ3v) is 5.75. The van der Waals surface area contributed by atoms with Crippen molar-refractivity contribution in [3.63, 3.8) is 0 Å². The summed E-state index contributed by atoms with van der Waals surface area (Å²) >= 11 is 0. The lowest BCUT2D eigenvalue weighted by atomic mass is 10.2. The molecule has 5 nitrogen and oxygen atoms in total. The Morgan fingerprint density at radius 3 is 2.62 bits per heavy atom. The predicted molar refractivity (Wildman–Crippen MR) is 81.9 cm³/mol. The molecule has 1 aromatic rings. The lowest BCUT2D eigenvalue weighted by molar-refractivity contribution is 0.316. The lowest BCUT2D eigenvalue weighted by Gasteiger charge is -2.24. The minimum atomic E-state index is -3.39. The van der Waals surface area contributed by atoms with Crippen LogP contribution in [-0.4, -0.2) is 40.0 Å². The van der Waals surface area contributed by atoms with Gasteiger partial charge in [0.05, 0.1) is 18.5 Å². The molecule has 0 bridgehead atoms. The first-order valence-corrected chi connectivity index (χ1v) is 8.98. The lowest BCUT2D eigenvalue weighted by Crippen LogP contribution is -2.38. The van der Waals surface area contributed by atoms with E-state index in [1.54, 1.807) is 18.2 Å². The van der Waals surface area contributed by atoms with Crippen molar-refractivity contribution < 1.29 is 17.9 Å². The number of benzene rings is 1. The quantitative estimate of drug-likeness (QED) is 0.870. The van der Waals surface area contributed by atoms with E-state index < -0.39 is 9.84 Å². The van der Waals surface area contributed by atoms with E-state index in [4.69, 9.17) is 9.47 Å². The van der Waals surface area contributed by atoms with Gasteiger partial charge in [-0.2, -0.15) is 0 Å². The standard InChI is InChI=1S/C15H23NO4S/c1-3-19-12-7-8-15(14(10-12)20-4-2)21(17,18)13-6-5-9-16-11-13/h7-8,10,13,16H,3-6,9,11H2,1-2H3. The first-order chi connectivity index (χ1) is 10.1. The highest BCUT2D eigenvalue weighted by Gasteiger charge is 2.31. The molecular weight excluding hydrogens is 290 g/mol. The molecule has 0 saturated carbocycles. The summed E-state index contributed by atoms with van der Waals surface area (Å²) in [6, 6.07) is 4.95. The van der Waals surface area contributed by atoms with Crippen molar-refractivity contribution in [1.29, 1.82) is 0 Å². The molecule has 0 spiro atoms. The van der Waals surface area contributed by atoms with Gasteiger partial charge < -0.3 is 14.8 Å². The Morgan fingerprint density at radius 1 is 1.24 bits per heavy atom. The van der Waals surface area contributed by atoms with E-state index in [-0.39, 0.29) is 10.1 Å². The average Bonchev–Trinajstić information content (AvgIpc) is 2.49. The van der Waals surface area contributed by atoms with Crippen LogP contribution in [-0.2, 0) is 9.84 Å². The van der Waals surface area contributed by atoms with Gasteiger partial charge in [0.25, 0.3) is 0 Å². The number of ether oxygens (including phenoxy) is 2. The highest BCUT2D eigenvalue weighted by atomic mass is 32.2. The Kier molecular flexibility index (Phi) is 5.47. The molecule has 1 atom stereocenters. The third-order valence-electron chi connectivity index (χ3n) is 3.52. The molecule has 1 unspecified atom stereocenters. The van der Waals surface area contributed by atoms with E-state index in [1.807, 2.05) is 13.8 Å². The van der Waals surface area contributed by atoms with Crippen LogP contribution in [0.4, 0.5) is 0 Å². The van der Waals surface area contributed by atoms with Crippen LogP contribution in [0.15, 0.2) is 23.1 Å². The molecule has 1 N–H and O–H groups in total. The Balaban J connectivity index is 2.36. The van der Waals surface area contributed by atoms with Crippen molar-refractivity contribution in [2.75, 3.05) is 26.3 Å². The topological polar surface area (TPSA) is 64.6 Å². The van der Waals surface area contributed by atoms with Gasteiger partial charge in [-0.25, -0.2) is 8.42 Å². The predicted octanol–water partition coefficient (Wildman–Crippen LogP) is 2.01. The Bertz CT molecular complexity index is 565. The van der Waals surface area contributed by atoms with E-state index in [9.17, 15) is 8.42 Å². The number of rotatable bonds is 6. The zero-order chi connectivity index (χ0) is 15.3. The van der Waals surface area contributed by atoms with Crippen LogP contribution in [0.5, 0.6) is 11.5 Å². The van der Waals surface area contributed by atoms with Crippen LogP contribution >= 0.6 is 0 Å². The molecule has 1 saturated heterocycles. The smallest absolute Gasteiger partial charge is 0.186 e. The largest absolute Gasteiger partial charge is 0.494 e. The fourth-order valence-corrected chi connectivity index (χ4v) is 4.34. The van der Waals surface area contributed by atoms with Gasteiger partial charge in [-0.15, -0.1) is 0 Å². The van der Waals surface area contributed by atoms with E-state index in [1.165, 1.54) is 0 Å². The minimum absolute atomic E-state index is 0.265. The van der Waals surface area contributed by atoms with Gasteiger partial charge in [0.15, 0.2) is 9.84 Å². The second kappa shape index (κ2) is 7.13. The van der Waals surface area contributed by atoms with Gasteiger partial charge in [-0.05, 0) is 45.4 Å². The fourth-order valence-electron chi connectivity index (χ4n) is 2.51. The normalized spacial score (nSPS) is 19.2. The number of piperidine rings is 1. The zero-order valence-corrected chi connectivity index (χ0v) is 13.4. The Labute approximate surface area is 126 Å². The number of nitrogens with one attached hydrogen (secondary N) is 1. The number of sulfone groups is 1. The summed E-state index contributed by atoms with van der Waals surface area (Å²) in [7, 11) is -3.39. The molecule has 1 fully saturated rings. The molecule has 0 aliphatic carbocycles. The second-order valence-corrected chi connectivity index (χ2v) is 7.18. The maximum Gasteiger partial charge on any atom is 0.186 e. The first-order valence-electron chi connectivity index (χ1n) is 7.43. The third kappa shape index (κ3) is 3.68.